The summed E-state index contributed by atoms with van der Waals surface area (Å²) in [5, 5.41) is 4.16. The first-order valence-electron chi connectivity index (χ1n) is 7.31. The van der Waals surface area contributed by atoms with E-state index in [9.17, 15) is 0 Å². The van der Waals surface area contributed by atoms with Crippen molar-refractivity contribution in [2.45, 2.75) is 13.2 Å². The Kier molecular flexibility index (Phi) is 4.67. The molecule has 0 fully saturated rings. The predicted molar refractivity (Wildman–Crippen MR) is 88.5 cm³/mol. The van der Waals surface area contributed by atoms with Crippen molar-refractivity contribution in [3.05, 3.63) is 90.3 Å². The van der Waals surface area contributed by atoms with E-state index in [4.69, 9.17) is 4.74 Å². The van der Waals surface area contributed by atoms with Crippen LogP contribution in [0.1, 0.15) is 11.1 Å². The lowest BCUT2D eigenvalue weighted by atomic mass is 10.2. The second-order valence-electron chi connectivity index (χ2n) is 4.97. The smallest absolute Gasteiger partial charge is 0.119 e. The summed E-state index contributed by atoms with van der Waals surface area (Å²) in [6.07, 6.45) is 7.91. The maximum atomic E-state index is 5.77. The zero-order valence-electron chi connectivity index (χ0n) is 12.3. The SMILES string of the molecule is C(=Cc1ccc(OCc2ccccc2)cc1)Cn1cccn1. The molecule has 0 unspecified atom stereocenters. The molecule has 1 heterocycles. The van der Waals surface area contributed by atoms with Gasteiger partial charge in [0.25, 0.3) is 0 Å². The molecule has 0 atom stereocenters. The van der Waals surface area contributed by atoms with E-state index in [2.05, 4.69) is 41.5 Å². The topological polar surface area (TPSA) is 27.1 Å². The first-order chi connectivity index (χ1) is 10.9. The number of hydrogen-bond donors (Lipinski definition) is 0. The number of ether oxygens (including phenoxy) is 1. The van der Waals surface area contributed by atoms with Crippen molar-refractivity contribution in [3.63, 3.8) is 0 Å². The minimum absolute atomic E-state index is 0.593. The van der Waals surface area contributed by atoms with Crippen LogP contribution in [0.2, 0.25) is 0 Å². The number of allylic oxidation sites excluding steroid dienone is 1. The third-order valence-corrected chi connectivity index (χ3v) is 3.29. The van der Waals surface area contributed by atoms with Crippen molar-refractivity contribution in [1.29, 1.82) is 0 Å². The quantitative estimate of drug-likeness (QED) is 0.681. The molecule has 110 valence electrons. The summed E-state index contributed by atoms with van der Waals surface area (Å²) in [5.41, 5.74) is 2.32. The summed E-state index contributed by atoms with van der Waals surface area (Å²) in [4.78, 5) is 0. The van der Waals surface area contributed by atoms with Crippen LogP contribution in [0.5, 0.6) is 5.75 Å². The van der Waals surface area contributed by atoms with Crippen molar-refractivity contribution in [3.8, 4) is 5.75 Å². The minimum atomic E-state index is 0.593. The molecule has 0 bridgehead atoms. The zero-order valence-corrected chi connectivity index (χ0v) is 12.3. The van der Waals surface area contributed by atoms with E-state index >= 15 is 0 Å². The number of benzene rings is 2. The van der Waals surface area contributed by atoms with Gasteiger partial charge in [-0.2, -0.15) is 5.10 Å². The molecule has 22 heavy (non-hydrogen) atoms. The summed E-state index contributed by atoms with van der Waals surface area (Å²) >= 11 is 0. The molecule has 0 saturated carbocycles. The van der Waals surface area contributed by atoms with E-state index in [0.717, 1.165) is 17.9 Å². The molecular weight excluding hydrogens is 272 g/mol. The Hall–Kier alpha value is -2.81. The second-order valence-corrected chi connectivity index (χ2v) is 4.97. The molecule has 1 aromatic heterocycles. The van der Waals surface area contributed by atoms with E-state index in [1.165, 1.54) is 5.56 Å². The van der Waals surface area contributed by atoms with Crippen LogP contribution >= 0.6 is 0 Å². The van der Waals surface area contributed by atoms with Crippen LogP contribution in [-0.2, 0) is 13.2 Å². The standard InChI is InChI=1S/C19H18N2O/c1-2-6-18(7-3-1)16-22-19-11-9-17(10-12-19)8-4-14-21-15-5-13-20-21/h1-13,15H,14,16H2. The Balaban J connectivity index is 1.52. The molecule has 0 aliphatic rings. The van der Waals surface area contributed by atoms with Gasteiger partial charge in [0.1, 0.15) is 12.4 Å². The van der Waals surface area contributed by atoms with Crippen LogP contribution in [-0.4, -0.2) is 9.78 Å². The largest absolute Gasteiger partial charge is 0.489 e. The molecule has 3 aromatic rings. The maximum Gasteiger partial charge on any atom is 0.119 e. The summed E-state index contributed by atoms with van der Waals surface area (Å²) in [5.74, 6) is 0.882. The molecule has 0 aliphatic carbocycles. The van der Waals surface area contributed by atoms with Crippen molar-refractivity contribution in [1.82, 2.24) is 9.78 Å². The number of rotatable bonds is 6. The Morgan fingerprint density at radius 1 is 0.955 bits per heavy atom. The van der Waals surface area contributed by atoms with Crippen molar-refractivity contribution in [2.24, 2.45) is 0 Å². The van der Waals surface area contributed by atoms with Gasteiger partial charge in [-0.25, -0.2) is 0 Å². The highest BCUT2D eigenvalue weighted by atomic mass is 16.5. The van der Waals surface area contributed by atoms with E-state index < -0.39 is 0 Å². The van der Waals surface area contributed by atoms with Gasteiger partial charge in [0.2, 0.25) is 0 Å². The number of hydrogen-bond acceptors (Lipinski definition) is 2. The normalized spacial score (nSPS) is 10.9. The third kappa shape index (κ3) is 4.09. The highest BCUT2D eigenvalue weighted by Crippen LogP contribution is 2.15. The first kappa shape index (κ1) is 14.1. The van der Waals surface area contributed by atoms with Crippen molar-refractivity contribution in [2.75, 3.05) is 0 Å². The number of nitrogens with zero attached hydrogens (tertiary/aromatic N) is 2. The van der Waals surface area contributed by atoms with Crippen LogP contribution in [0.25, 0.3) is 6.08 Å². The maximum absolute atomic E-state index is 5.77. The van der Waals surface area contributed by atoms with E-state index in [0.29, 0.717) is 6.61 Å². The molecule has 0 amide bonds. The summed E-state index contributed by atoms with van der Waals surface area (Å²) < 4.78 is 7.65. The first-order valence-corrected chi connectivity index (χ1v) is 7.31. The fourth-order valence-corrected chi connectivity index (χ4v) is 2.12. The molecule has 3 nitrogen and oxygen atoms in total. The van der Waals surface area contributed by atoms with E-state index in [1.54, 1.807) is 6.20 Å². The predicted octanol–water partition coefficient (Wildman–Crippen LogP) is 4.18. The molecule has 0 N–H and O–H groups in total. The summed E-state index contributed by atoms with van der Waals surface area (Å²) in [6, 6.07) is 20.2. The third-order valence-electron chi connectivity index (χ3n) is 3.29. The van der Waals surface area contributed by atoms with Gasteiger partial charge in [-0.15, -0.1) is 0 Å². The molecule has 2 aromatic carbocycles. The average Bonchev–Trinajstić information content (AvgIpc) is 3.08. The Morgan fingerprint density at radius 2 is 1.77 bits per heavy atom. The van der Waals surface area contributed by atoms with E-state index in [1.807, 2.05) is 47.3 Å². The van der Waals surface area contributed by atoms with Gasteiger partial charge in [-0.05, 0) is 29.3 Å². The summed E-state index contributed by atoms with van der Waals surface area (Å²) in [6.45, 7) is 1.37. The van der Waals surface area contributed by atoms with Crippen molar-refractivity contribution >= 4 is 6.08 Å². The van der Waals surface area contributed by atoms with Gasteiger partial charge in [-0.3, -0.25) is 4.68 Å². The van der Waals surface area contributed by atoms with Gasteiger partial charge in [0.05, 0.1) is 6.54 Å². The van der Waals surface area contributed by atoms with E-state index in [-0.39, 0.29) is 0 Å². The van der Waals surface area contributed by atoms with Crippen molar-refractivity contribution < 1.29 is 4.74 Å². The zero-order chi connectivity index (χ0) is 15.0. The monoisotopic (exact) mass is 290 g/mol. The minimum Gasteiger partial charge on any atom is -0.489 e. The Morgan fingerprint density at radius 3 is 2.50 bits per heavy atom. The molecular formula is C19H18N2O. The van der Waals surface area contributed by atoms with Crippen LogP contribution < -0.4 is 4.74 Å². The molecule has 0 saturated heterocycles. The molecule has 0 radical (unpaired) electrons. The molecule has 3 heteroatoms. The molecule has 3 rings (SSSR count). The Bertz CT molecular complexity index is 701. The fourth-order valence-electron chi connectivity index (χ4n) is 2.12. The lowest BCUT2D eigenvalue weighted by Crippen LogP contribution is -1.95. The average molecular weight is 290 g/mol. The van der Waals surface area contributed by atoms with Crippen LogP contribution in [0, 0.1) is 0 Å². The second kappa shape index (κ2) is 7.27. The molecule has 0 spiro atoms. The number of aromatic nitrogens is 2. The fraction of sp³-hybridized carbons (Fsp3) is 0.105. The highest BCUT2D eigenvalue weighted by molar-refractivity contribution is 5.50. The molecule has 0 aliphatic heterocycles. The van der Waals surface area contributed by atoms with Gasteiger partial charge < -0.3 is 4.74 Å². The van der Waals surface area contributed by atoms with Crippen LogP contribution in [0.4, 0.5) is 0 Å². The van der Waals surface area contributed by atoms with Gasteiger partial charge in [0, 0.05) is 12.4 Å². The van der Waals surface area contributed by atoms with Crippen LogP contribution in [0.15, 0.2) is 79.1 Å². The Labute approximate surface area is 130 Å². The van der Waals surface area contributed by atoms with Gasteiger partial charge in [0.15, 0.2) is 0 Å². The lowest BCUT2D eigenvalue weighted by Gasteiger charge is -2.06. The summed E-state index contributed by atoms with van der Waals surface area (Å²) in [7, 11) is 0. The van der Waals surface area contributed by atoms with Gasteiger partial charge >= 0.3 is 0 Å². The van der Waals surface area contributed by atoms with Crippen LogP contribution in [0.3, 0.4) is 0 Å². The van der Waals surface area contributed by atoms with Gasteiger partial charge in [-0.1, -0.05) is 54.6 Å². The highest BCUT2D eigenvalue weighted by Gasteiger charge is 1.95. The lowest BCUT2D eigenvalue weighted by molar-refractivity contribution is 0.306.